The second-order valence-electron chi connectivity index (χ2n) is 18.5. The van der Waals surface area contributed by atoms with Crippen LogP contribution in [0.2, 0.25) is 0 Å². The van der Waals surface area contributed by atoms with Gasteiger partial charge in [0.2, 0.25) is 0 Å². The van der Waals surface area contributed by atoms with Gasteiger partial charge in [0.05, 0.1) is 0 Å². The van der Waals surface area contributed by atoms with E-state index in [0.717, 1.165) is 19.3 Å². The van der Waals surface area contributed by atoms with Gasteiger partial charge in [0, 0.05) is 10.8 Å². The van der Waals surface area contributed by atoms with Crippen LogP contribution in [0.3, 0.4) is 0 Å². The molecule has 0 heterocycles. The topological polar surface area (TPSA) is 0 Å². The summed E-state index contributed by atoms with van der Waals surface area (Å²) in [6.07, 6.45) is 3.11. The van der Waals surface area contributed by atoms with Gasteiger partial charge in [0.1, 0.15) is 0 Å². The monoisotopic (exact) mass is 770 g/mol. The van der Waals surface area contributed by atoms with Crippen molar-refractivity contribution in [2.45, 2.75) is 63.7 Å². The van der Waals surface area contributed by atoms with Crippen LogP contribution < -0.4 is 0 Å². The lowest BCUT2D eigenvalue weighted by Gasteiger charge is -2.25. The molecule has 0 nitrogen and oxygen atoms in total. The van der Waals surface area contributed by atoms with Gasteiger partial charge in [-0.05, 0) is 142 Å². The molecule has 1 atom stereocenters. The van der Waals surface area contributed by atoms with Crippen LogP contribution in [0, 0.1) is 0 Å². The fourth-order valence-electron chi connectivity index (χ4n) is 10.8. The van der Waals surface area contributed by atoms with Crippen molar-refractivity contribution in [3.8, 4) is 44.5 Å². The second kappa shape index (κ2) is 14.1. The SMILES string of the molecule is CC1(C)c2cc(CCC(Cc3ccc4ccccc4c3)c3ccc4c(c3)C(C)(C)c3cc(-c5ccccc5)ccc3-4)ccc2-c2ccc(-c3cccc4ccccc34)cc21. The van der Waals surface area contributed by atoms with E-state index in [-0.39, 0.29) is 10.8 Å². The van der Waals surface area contributed by atoms with Crippen LogP contribution in [0.5, 0.6) is 0 Å². The minimum atomic E-state index is -0.0906. The molecule has 60 heavy (non-hydrogen) atoms. The van der Waals surface area contributed by atoms with Crippen molar-refractivity contribution in [1.82, 2.24) is 0 Å². The van der Waals surface area contributed by atoms with E-state index in [9.17, 15) is 0 Å². The molecule has 11 rings (SSSR count). The molecule has 2 aliphatic carbocycles. The fraction of sp³-hybridized carbons (Fsp3) is 0.167. The standard InChI is InChI=1S/C60H50/c1-59(2)55-35-39(23-29-51(55)54-32-28-48(38-58(54)59)50-20-12-18-43-16-10-11-19-49(43)50)21-25-45(34-40-22-24-42-15-8-9-17-44(42)33-40)47-27-31-53-52-30-26-46(41-13-6-5-7-14-41)36-56(52)60(3,4)57(53)37-47/h5-20,22-24,26-33,35-38,45H,21,25,34H2,1-4H3. The first-order valence-electron chi connectivity index (χ1n) is 21.8. The van der Waals surface area contributed by atoms with Crippen LogP contribution in [-0.2, 0) is 23.7 Å². The maximum Gasteiger partial charge on any atom is 0.0159 e. The minimum absolute atomic E-state index is 0.0903. The lowest BCUT2D eigenvalue weighted by atomic mass is 9.79. The van der Waals surface area contributed by atoms with Gasteiger partial charge in [0.25, 0.3) is 0 Å². The Labute approximate surface area is 355 Å². The highest BCUT2D eigenvalue weighted by atomic mass is 14.4. The van der Waals surface area contributed by atoms with E-state index in [1.165, 1.54) is 105 Å². The summed E-state index contributed by atoms with van der Waals surface area (Å²) in [4.78, 5) is 0. The van der Waals surface area contributed by atoms with Crippen LogP contribution in [-0.4, -0.2) is 0 Å². The smallest absolute Gasteiger partial charge is 0.0159 e. The maximum absolute atomic E-state index is 2.57. The van der Waals surface area contributed by atoms with E-state index in [1.54, 1.807) is 0 Å². The first-order chi connectivity index (χ1) is 29.2. The van der Waals surface area contributed by atoms with Crippen molar-refractivity contribution in [3.63, 3.8) is 0 Å². The van der Waals surface area contributed by atoms with Crippen molar-refractivity contribution in [3.05, 3.63) is 227 Å². The van der Waals surface area contributed by atoms with Crippen molar-refractivity contribution < 1.29 is 0 Å². The van der Waals surface area contributed by atoms with Crippen molar-refractivity contribution in [1.29, 1.82) is 0 Å². The third kappa shape index (κ3) is 6.04. The molecule has 0 fully saturated rings. The Morgan fingerprint density at radius 2 is 0.933 bits per heavy atom. The van der Waals surface area contributed by atoms with Gasteiger partial charge in [-0.3, -0.25) is 0 Å². The van der Waals surface area contributed by atoms with Crippen molar-refractivity contribution >= 4 is 21.5 Å². The number of hydrogen-bond donors (Lipinski definition) is 0. The lowest BCUT2D eigenvalue weighted by Crippen LogP contribution is -2.16. The fourth-order valence-corrected chi connectivity index (χ4v) is 10.8. The van der Waals surface area contributed by atoms with Gasteiger partial charge in [-0.25, -0.2) is 0 Å². The molecule has 0 saturated carbocycles. The van der Waals surface area contributed by atoms with Gasteiger partial charge in [-0.15, -0.1) is 0 Å². The Balaban J connectivity index is 0.919. The Hall–Kier alpha value is -6.50. The number of rotatable bonds is 8. The Kier molecular flexibility index (Phi) is 8.57. The molecule has 2 aliphatic rings. The summed E-state index contributed by atoms with van der Waals surface area (Å²) in [5.74, 6) is 0.373. The molecule has 1 unspecified atom stereocenters. The van der Waals surface area contributed by atoms with Crippen LogP contribution in [0.15, 0.2) is 188 Å². The summed E-state index contributed by atoms with van der Waals surface area (Å²) in [5, 5.41) is 5.21. The van der Waals surface area contributed by atoms with Crippen molar-refractivity contribution in [2.75, 3.05) is 0 Å². The molecule has 290 valence electrons. The maximum atomic E-state index is 2.57. The van der Waals surface area contributed by atoms with Gasteiger partial charge in [0.15, 0.2) is 0 Å². The largest absolute Gasteiger partial charge is 0.0622 e. The van der Waals surface area contributed by atoms with Crippen molar-refractivity contribution in [2.24, 2.45) is 0 Å². The molecule has 0 N–H and O–H groups in total. The molecule has 9 aromatic rings. The van der Waals surface area contributed by atoms with Gasteiger partial charge < -0.3 is 0 Å². The van der Waals surface area contributed by atoms with E-state index < -0.39 is 0 Å². The second-order valence-corrected chi connectivity index (χ2v) is 18.5. The number of benzene rings is 9. The molecule has 9 aromatic carbocycles. The summed E-state index contributed by atoms with van der Waals surface area (Å²) in [5.41, 5.74) is 20.5. The average Bonchev–Trinajstić information content (AvgIpc) is 3.65. The molecule has 0 aromatic heterocycles. The Morgan fingerprint density at radius 1 is 0.367 bits per heavy atom. The summed E-state index contributed by atoms with van der Waals surface area (Å²) < 4.78 is 0. The third-order valence-electron chi connectivity index (χ3n) is 14.2. The van der Waals surface area contributed by atoms with Gasteiger partial charge in [-0.2, -0.15) is 0 Å². The molecular formula is C60H50. The highest BCUT2D eigenvalue weighted by molar-refractivity contribution is 5.97. The van der Waals surface area contributed by atoms with Crippen LogP contribution in [0.25, 0.3) is 66.1 Å². The minimum Gasteiger partial charge on any atom is -0.0622 e. The van der Waals surface area contributed by atoms with Gasteiger partial charge in [-0.1, -0.05) is 204 Å². The Bertz CT molecular complexity index is 3120. The number of aryl methyl sites for hydroxylation is 1. The highest BCUT2D eigenvalue weighted by Gasteiger charge is 2.37. The predicted octanol–water partition coefficient (Wildman–Crippen LogP) is 15.9. The van der Waals surface area contributed by atoms with Crippen LogP contribution in [0.1, 0.15) is 79.0 Å². The summed E-state index contributed by atoms with van der Waals surface area (Å²) in [7, 11) is 0. The molecule has 0 bridgehead atoms. The van der Waals surface area contributed by atoms with Crippen LogP contribution >= 0.6 is 0 Å². The molecular weight excluding hydrogens is 721 g/mol. The predicted molar refractivity (Wildman–Crippen MR) is 255 cm³/mol. The van der Waals surface area contributed by atoms with E-state index in [0.29, 0.717) is 5.92 Å². The molecule has 0 radical (unpaired) electrons. The van der Waals surface area contributed by atoms with E-state index in [2.05, 4.69) is 216 Å². The first kappa shape index (κ1) is 36.6. The van der Waals surface area contributed by atoms with E-state index >= 15 is 0 Å². The lowest BCUT2D eigenvalue weighted by molar-refractivity contribution is 0.612. The molecule has 0 spiro atoms. The number of hydrogen-bond acceptors (Lipinski definition) is 0. The number of fused-ring (bicyclic) bond motifs is 8. The third-order valence-corrected chi connectivity index (χ3v) is 14.2. The highest BCUT2D eigenvalue weighted by Crippen LogP contribution is 2.52. The van der Waals surface area contributed by atoms with E-state index in [4.69, 9.17) is 0 Å². The normalized spacial score (nSPS) is 14.7. The average molecular weight is 771 g/mol. The zero-order valence-electron chi connectivity index (χ0n) is 35.1. The van der Waals surface area contributed by atoms with Gasteiger partial charge >= 0.3 is 0 Å². The molecule has 0 heteroatoms. The quantitative estimate of drug-likeness (QED) is 0.144. The Morgan fingerprint density at radius 3 is 1.70 bits per heavy atom. The summed E-state index contributed by atoms with van der Waals surface area (Å²) >= 11 is 0. The first-order valence-corrected chi connectivity index (χ1v) is 21.8. The zero-order valence-corrected chi connectivity index (χ0v) is 35.1. The molecule has 0 saturated heterocycles. The summed E-state index contributed by atoms with van der Waals surface area (Å²) in [6, 6.07) is 71.1. The molecule has 0 aliphatic heterocycles. The van der Waals surface area contributed by atoms with E-state index in [1.807, 2.05) is 0 Å². The van der Waals surface area contributed by atoms with Crippen LogP contribution in [0.4, 0.5) is 0 Å². The molecule has 0 amide bonds. The zero-order chi connectivity index (χ0) is 40.6. The summed E-state index contributed by atoms with van der Waals surface area (Å²) in [6.45, 7) is 9.68.